The predicted octanol–water partition coefficient (Wildman–Crippen LogP) is 3.79. The van der Waals surface area contributed by atoms with Gasteiger partial charge in [0.25, 0.3) is 15.9 Å². The van der Waals surface area contributed by atoms with E-state index in [0.29, 0.717) is 30.9 Å². The number of aryl methyl sites for hydroxylation is 1. The summed E-state index contributed by atoms with van der Waals surface area (Å²) in [5.41, 5.74) is 3.39. The molecule has 2 aliphatic rings. The number of benzene rings is 3. The van der Waals surface area contributed by atoms with Gasteiger partial charge in [-0.05, 0) is 60.9 Å². The van der Waals surface area contributed by atoms with E-state index in [1.165, 1.54) is 9.99 Å². The van der Waals surface area contributed by atoms with Crippen molar-refractivity contribution in [1.29, 1.82) is 0 Å². The van der Waals surface area contributed by atoms with Gasteiger partial charge in [0.05, 0.1) is 10.6 Å². The lowest BCUT2D eigenvalue weighted by Crippen LogP contribution is -2.48. The third-order valence-corrected chi connectivity index (χ3v) is 8.25. The molecule has 0 N–H and O–H groups in total. The van der Waals surface area contributed by atoms with Crippen LogP contribution in [0.4, 0.5) is 11.4 Å². The maximum absolute atomic E-state index is 13.2. The molecule has 2 aliphatic heterocycles. The van der Waals surface area contributed by atoms with Gasteiger partial charge in [0, 0.05) is 44.0 Å². The van der Waals surface area contributed by atoms with Crippen LogP contribution in [0.3, 0.4) is 0 Å². The molecule has 2 heterocycles. The van der Waals surface area contributed by atoms with Gasteiger partial charge < -0.3 is 9.80 Å². The zero-order valence-electron chi connectivity index (χ0n) is 18.4. The van der Waals surface area contributed by atoms with E-state index in [-0.39, 0.29) is 10.8 Å². The highest BCUT2D eigenvalue weighted by molar-refractivity contribution is 7.92. The number of rotatable bonds is 4. The summed E-state index contributed by atoms with van der Waals surface area (Å²) in [6, 6.07) is 24.2. The molecule has 0 aliphatic carbocycles. The number of nitrogens with zero attached hydrogens (tertiary/aromatic N) is 3. The molecule has 170 valence electrons. The second-order valence-electron chi connectivity index (χ2n) is 8.45. The zero-order chi connectivity index (χ0) is 22.8. The Balaban J connectivity index is 1.33. The van der Waals surface area contributed by atoms with Gasteiger partial charge in [0.15, 0.2) is 0 Å². The van der Waals surface area contributed by atoms with E-state index in [2.05, 4.69) is 17.0 Å². The lowest BCUT2D eigenvalue weighted by Gasteiger charge is -2.36. The molecule has 5 rings (SSSR count). The van der Waals surface area contributed by atoms with Crippen molar-refractivity contribution in [2.75, 3.05) is 41.9 Å². The van der Waals surface area contributed by atoms with Crippen molar-refractivity contribution in [1.82, 2.24) is 4.90 Å². The lowest BCUT2D eigenvalue weighted by atomic mass is 10.00. The van der Waals surface area contributed by atoms with Crippen LogP contribution in [0.15, 0.2) is 83.8 Å². The van der Waals surface area contributed by atoms with Gasteiger partial charge >= 0.3 is 0 Å². The number of sulfonamides is 1. The van der Waals surface area contributed by atoms with Crippen LogP contribution in [-0.2, 0) is 16.4 Å². The number of carbonyl (C=O) groups is 1. The first-order valence-corrected chi connectivity index (χ1v) is 12.8. The van der Waals surface area contributed by atoms with Crippen molar-refractivity contribution < 1.29 is 13.2 Å². The molecule has 1 amide bonds. The van der Waals surface area contributed by atoms with Crippen molar-refractivity contribution in [3.05, 3.63) is 90.0 Å². The lowest BCUT2D eigenvalue weighted by molar-refractivity contribution is 0.0746. The smallest absolute Gasteiger partial charge is 0.264 e. The van der Waals surface area contributed by atoms with Gasteiger partial charge in [-0.3, -0.25) is 9.10 Å². The van der Waals surface area contributed by atoms with Crippen molar-refractivity contribution in [2.24, 2.45) is 0 Å². The molecule has 0 aromatic heterocycles. The fourth-order valence-corrected chi connectivity index (χ4v) is 6.22. The third kappa shape index (κ3) is 4.20. The van der Waals surface area contributed by atoms with E-state index < -0.39 is 10.0 Å². The number of piperazine rings is 1. The van der Waals surface area contributed by atoms with Gasteiger partial charge in [0.2, 0.25) is 0 Å². The number of hydrogen-bond donors (Lipinski definition) is 0. The third-order valence-electron chi connectivity index (χ3n) is 6.42. The molecule has 1 saturated heterocycles. The Morgan fingerprint density at radius 3 is 2.12 bits per heavy atom. The van der Waals surface area contributed by atoms with Gasteiger partial charge in [-0.25, -0.2) is 8.42 Å². The molecule has 0 radical (unpaired) electrons. The van der Waals surface area contributed by atoms with E-state index in [0.717, 1.165) is 31.5 Å². The Kier molecular flexibility index (Phi) is 5.81. The predicted molar refractivity (Wildman–Crippen MR) is 130 cm³/mol. The fourth-order valence-electron chi connectivity index (χ4n) is 4.65. The fraction of sp³-hybridized carbons (Fsp3) is 0.269. The van der Waals surface area contributed by atoms with Crippen LogP contribution in [0.1, 0.15) is 22.3 Å². The summed E-state index contributed by atoms with van der Waals surface area (Å²) in [7, 11) is -3.63. The Labute approximate surface area is 195 Å². The van der Waals surface area contributed by atoms with E-state index >= 15 is 0 Å². The summed E-state index contributed by atoms with van der Waals surface area (Å²) >= 11 is 0. The first kappa shape index (κ1) is 21.5. The van der Waals surface area contributed by atoms with Crippen LogP contribution in [0.2, 0.25) is 0 Å². The first-order valence-electron chi connectivity index (χ1n) is 11.3. The zero-order valence-corrected chi connectivity index (χ0v) is 19.2. The molecule has 33 heavy (non-hydrogen) atoms. The molecular weight excluding hydrogens is 434 g/mol. The molecule has 1 fully saturated rings. The van der Waals surface area contributed by atoms with Crippen LogP contribution < -0.4 is 9.21 Å². The normalized spacial score (nSPS) is 16.4. The van der Waals surface area contributed by atoms with Crippen LogP contribution in [0, 0.1) is 0 Å². The van der Waals surface area contributed by atoms with Gasteiger partial charge in [0.1, 0.15) is 0 Å². The highest BCUT2D eigenvalue weighted by Gasteiger charge is 2.30. The van der Waals surface area contributed by atoms with Crippen molar-refractivity contribution in [2.45, 2.75) is 17.7 Å². The van der Waals surface area contributed by atoms with Crippen LogP contribution >= 0.6 is 0 Å². The summed E-state index contributed by atoms with van der Waals surface area (Å²) in [6.07, 6.45) is 1.49. The van der Waals surface area contributed by atoms with Gasteiger partial charge in [-0.1, -0.05) is 36.4 Å². The second kappa shape index (κ2) is 8.90. The molecule has 0 atom stereocenters. The molecule has 0 unspecified atom stereocenters. The van der Waals surface area contributed by atoms with Gasteiger partial charge in [-0.2, -0.15) is 0 Å². The minimum Gasteiger partial charge on any atom is -0.368 e. The van der Waals surface area contributed by atoms with Crippen molar-refractivity contribution in [3.63, 3.8) is 0 Å². The maximum Gasteiger partial charge on any atom is 0.264 e. The number of fused-ring (bicyclic) bond motifs is 1. The number of para-hydroxylation sites is 1. The summed E-state index contributed by atoms with van der Waals surface area (Å²) in [4.78, 5) is 17.7. The average Bonchev–Trinajstić information content (AvgIpc) is 2.88. The molecule has 3 aromatic rings. The highest BCUT2D eigenvalue weighted by atomic mass is 32.2. The monoisotopic (exact) mass is 461 g/mol. The molecular formula is C26H27N3O3S. The first-order chi connectivity index (χ1) is 16.0. The number of amides is 1. The van der Waals surface area contributed by atoms with Crippen molar-refractivity contribution in [3.8, 4) is 0 Å². The maximum atomic E-state index is 13.2. The van der Waals surface area contributed by atoms with Crippen LogP contribution in [-0.4, -0.2) is 51.9 Å². The molecule has 6 nitrogen and oxygen atoms in total. The molecule has 3 aromatic carbocycles. The largest absolute Gasteiger partial charge is 0.368 e. The van der Waals surface area contributed by atoms with E-state index in [1.54, 1.807) is 42.5 Å². The summed E-state index contributed by atoms with van der Waals surface area (Å²) in [6.45, 7) is 3.37. The number of carbonyl (C=O) groups excluding carboxylic acids is 1. The SMILES string of the molecule is O=C(c1ccc2c(c1)CCCN2S(=O)(=O)c1ccccc1)N1CCN(c2ccccc2)CC1. The summed E-state index contributed by atoms with van der Waals surface area (Å²) in [5, 5.41) is 0. The Bertz CT molecular complexity index is 1240. The Hall–Kier alpha value is -3.32. The number of hydrogen-bond acceptors (Lipinski definition) is 4. The summed E-state index contributed by atoms with van der Waals surface area (Å²) < 4.78 is 27.9. The Morgan fingerprint density at radius 1 is 0.758 bits per heavy atom. The molecule has 0 spiro atoms. The van der Waals surface area contributed by atoms with Crippen LogP contribution in [0.5, 0.6) is 0 Å². The topological polar surface area (TPSA) is 60.9 Å². The second-order valence-corrected chi connectivity index (χ2v) is 10.3. The Morgan fingerprint density at radius 2 is 1.42 bits per heavy atom. The van der Waals surface area contributed by atoms with Gasteiger partial charge in [-0.15, -0.1) is 0 Å². The standard InChI is InChI=1S/C26H27N3O3S/c30-26(28-18-16-27(17-19-28)23-9-3-1-4-10-23)22-13-14-25-21(20-22)8-7-15-29(25)33(31,32)24-11-5-2-6-12-24/h1-6,9-14,20H,7-8,15-19H2. The molecule has 0 bridgehead atoms. The molecule has 0 saturated carbocycles. The van der Waals surface area contributed by atoms with E-state index in [9.17, 15) is 13.2 Å². The number of anilines is 2. The quantitative estimate of drug-likeness (QED) is 0.593. The molecule has 7 heteroatoms. The van der Waals surface area contributed by atoms with Crippen molar-refractivity contribution >= 4 is 27.3 Å². The van der Waals surface area contributed by atoms with E-state index in [1.807, 2.05) is 29.2 Å². The minimum atomic E-state index is -3.63. The summed E-state index contributed by atoms with van der Waals surface area (Å²) in [5.74, 6) is 0.00792. The van der Waals surface area contributed by atoms with Crippen LogP contribution in [0.25, 0.3) is 0 Å². The van der Waals surface area contributed by atoms with E-state index in [4.69, 9.17) is 0 Å². The average molecular weight is 462 g/mol. The highest BCUT2D eigenvalue weighted by Crippen LogP contribution is 2.33. The minimum absolute atomic E-state index is 0.00792.